The van der Waals surface area contributed by atoms with Gasteiger partial charge >= 0.3 is 5.69 Å². The van der Waals surface area contributed by atoms with E-state index in [2.05, 4.69) is 15.3 Å². The van der Waals surface area contributed by atoms with Crippen LogP contribution in [0.1, 0.15) is 23.9 Å². The van der Waals surface area contributed by atoms with Crippen molar-refractivity contribution < 1.29 is 4.92 Å². The molecule has 2 aromatic rings. The third-order valence-corrected chi connectivity index (χ3v) is 3.73. The summed E-state index contributed by atoms with van der Waals surface area (Å²) >= 11 is 1.55. The summed E-state index contributed by atoms with van der Waals surface area (Å²) in [6.45, 7) is 6.34. The first-order chi connectivity index (χ1) is 9.54. The zero-order chi connectivity index (χ0) is 14.7. The Bertz CT molecular complexity index is 639. The highest BCUT2D eigenvalue weighted by Gasteiger charge is 2.24. The molecule has 6 nitrogen and oxygen atoms in total. The van der Waals surface area contributed by atoms with Gasteiger partial charge in [-0.2, -0.15) is 0 Å². The van der Waals surface area contributed by atoms with Crippen LogP contribution in [0.15, 0.2) is 11.4 Å². The van der Waals surface area contributed by atoms with Crippen molar-refractivity contribution in [3.8, 4) is 11.3 Å². The Hall–Kier alpha value is -2.02. The highest BCUT2D eigenvalue weighted by molar-refractivity contribution is 7.10. The monoisotopic (exact) mass is 292 g/mol. The van der Waals surface area contributed by atoms with Gasteiger partial charge in [-0.15, -0.1) is 11.3 Å². The van der Waals surface area contributed by atoms with Gasteiger partial charge < -0.3 is 5.32 Å². The maximum Gasteiger partial charge on any atom is 0.316 e. The Balaban J connectivity index is 2.59. The van der Waals surface area contributed by atoms with Gasteiger partial charge in [0.25, 0.3) is 0 Å². The molecule has 2 aromatic heterocycles. The fourth-order valence-corrected chi connectivity index (χ4v) is 2.62. The largest absolute Gasteiger partial charge is 0.354 e. The van der Waals surface area contributed by atoms with Crippen molar-refractivity contribution in [3.63, 3.8) is 0 Å². The van der Waals surface area contributed by atoms with Crippen LogP contribution in [0.25, 0.3) is 11.3 Å². The molecule has 0 aliphatic rings. The van der Waals surface area contributed by atoms with Crippen LogP contribution in [0.5, 0.6) is 0 Å². The Morgan fingerprint density at radius 2 is 2.15 bits per heavy atom. The van der Waals surface area contributed by atoms with E-state index in [0.29, 0.717) is 17.3 Å². The molecule has 7 heteroatoms. The molecule has 2 heterocycles. The Morgan fingerprint density at radius 1 is 1.40 bits per heavy atom. The Morgan fingerprint density at radius 3 is 2.70 bits per heavy atom. The fourth-order valence-electron chi connectivity index (χ4n) is 1.92. The molecule has 0 aliphatic carbocycles. The number of thiophene rings is 1. The van der Waals surface area contributed by atoms with E-state index in [1.54, 1.807) is 18.3 Å². The predicted molar refractivity (Wildman–Crippen MR) is 80.3 cm³/mol. The zero-order valence-electron chi connectivity index (χ0n) is 11.6. The van der Waals surface area contributed by atoms with Crippen molar-refractivity contribution in [2.24, 2.45) is 0 Å². The van der Waals surface area contributed by atoms with Crippen molar-refractivity contribution in [1.82, 2.24) is 9.97 Å². The van der Waals surface area contributed by atoms with Gasteiger partial charge in [0.05, 0.1) is 4.92 Å². The Labute approximate surface area is 121 Å². The predicted octanol–water partition coefficient (Wildman–Crippen LogP) is 3.55. The molecule has 0 unspecified atom stereocenters. The molecule has 0 saturated carbocycles. The first-order valence-electron chi connectivity index (χ1n) is 6.36. The number of aromatic nitrogens is 2. The number of hydrogen-bond donors (Lipinski definition) is 1. The molecule has 0 aromatic carbocycles. The summed E-state index contributed by atoms with van der Waals surface area (Å²) in [4.78, 5) is 20.4. The lowest BCUT2D eigenvalue weighted by Gasteiger charge is -2.08. The summed E-state index contributed by atoms with van der Waals surface area (Å²) < 4.78 is 0. The minimum absolute atomic E-state index is 0.0199. The molecule has 0 atom stereocenters. The standard InChI is InChI=1S/C13H16N4O2S/c1-4-6-14-13-15-8(2)12(17(18)19)11(16-13)10-5-7-20-9(10)3/h5,7H,4,6H2,1-3H3,(H,14,15,16). The van der Waals surface area contributed by atoms with Gasteiger partial charge in [0.1, 0.15) is 5.69 Å². The number of nitro groups is 1. The molecule has 0 bridgehead atoms. The maximum atomic E-state index is 11.3. The van der Waals surface area contributed by atoms with E-state index in [9.17, 15) is 10.1 Å². The molecule has 0 amide bonds. The molecule has 0 saturated heterocycles. The molecule has 0 spiro atoms. The van der Waals surface area contributed by atoms with Crippen molar-refractivity contribution in [2.75, 3.05) is 11.9 Å². The van der Waals surface area contributed by atoms with Crippen LogP contribution in [0.2, 0.25) is 0 Å². The van der Waals surface area contributed by atoms with Crippen LogP contribution < -0.4 is 5.32 Å². The average molecular weight is 292 g/mol. The Kier molecular flexibility index (Phi) is 4.29. The van der Waals surface area contributed by atoms with Gasteiger partial charge in [0, 0.05) is 17.0 Å². The van der Waals surface area contributed by atoms with Crippen LogP contribution in [-0.4, -0.2) is 21.4 Å². The molecule has 0 radical (unpaired) electrons. The van der Waals surface area contributed by atoms with Crippen molar-refractivity contribution >= 4 is 23.0 Å². The highest BCUT2D eigenvalue weighted by atomic mass is 32.1. The molecular weight excluding hydrogens is 276 g/mol. The van der Waals surface area contributed by atoms with Gasteiger partial charge in [-0.05, 0) is 31.7 Å². The average Bonchev–Trinajstić information content (AvgIpc) is 2.81. The van der Waals surface area contributed by atoms with E-state index >= 15 is 0 Å². The second kappa shape index (κ2) is 5.96. The number of hydrogen-bond acceptors (Lipinski definition) is 6. The van der Waals surface area contributed by atoms with Crippen LogP contribution in [0.4, 0.5) is 11.6 Å². The van der Waals surface area contributed by atoms with E-state index in [1.807, 2.05) is 25.3 Å². The van der Waals surface area contributed by atoms with Crippen LogP contribution in [-0.2, 0) is 0 Å². The van der Waals surface area contributed by atoms with Crippen molar-refractivity contribution in [1.29, 1.82) is 0 Å². The fraction of sp³-hybridized carbons (Fsp3) is 0.385. The van der Waals surface area contributed by atoms with Gasteiger partial charge in [-0.1, -0.05) is 6.92 Å². The van der Waals surface area contributed by atoms with Gasteiger partial charge in [0.15, 0.2) is 5.69 Å². The minimum Gasteiger partial charge on any atom is -0.354 e. The van der Waals surface area contributed by atoms with Crippen LogP contribution >= 0.6 is 11.3 Å². The zero-order valence-corrected chi connectivity index (χ0v) is 12.5. The number of nitrogens with zero attached hydrogens (tertiary/aromatic N) is 3. The SMILES string of the molecule is CCCNc1nc(C)c([N+](=O)[O-])c(-c2ccsc2C)n1. The minimum atomic E-state index is -0.411. The van der Waals surface area contributed by atoms with Crippen LogP contribution in [0, 0.1) is 24.0 Å². The van der Waals surface area contributed by atoms with Gasteiger partial charge in [-0.3, -0.25) is 10.1 Å². The molecule has 0 fully saturated rings. The lowest BCUT2D eigenvalue weighted by molar-refractivity contribution is -0.385. The summed E-state index contributed by atoms with van der Waals surface area (Å²) in [5.74, 6) is 0.440. The van der Waals surface area contributed by atoms with E-state index < -0.39 is 4.92 Å². The number of nitrogens with one attached hydrogen (secondary N) is 1. The molecular formula is C13H16N4O2S. The number of aryl methyl sites for hydroxylation is 2. The van der Waals surface area contributed by atoms with E-state index in [4.69, 9.17) is 0 Å². The van der Waals surface area contributed by atoms with Gasteiger partial charge in [-0.25, -0.2) is 9.97 Å². The third-order valence-electron chi connectivity index (χ3n) is 2.89. The number of anilines is 1. The van der Waals surface area contributed by atoms with E-state index in [1.165, 1.54) is 0 Å². The first-order valence-corrected chi connectivity index (χ1v) is 7.24. The summed E-state index contributed by atoms with van der Waals surface area (Å²) in [7, 11) is 0. The summed E-state index contributed by atoms with van der Waals surface area (Å²) in [6, 6.07) is 1.86. The summed E-state index contributed by atoms with van der Waals surface area (Å²) in [6.07, 6.45) is 0.937. The van der Waals surface area contributed by atoms with Crippen LogP contribution in [0.3, 0.4) is 0 Å². The molecule has 106 valence electrons. The molecule has 2 rings (SSSR count). The molecule has 1 N–H and O–H groups in total. The lowest BCUT2D eigenvalue weighted by atomic mass is 10.1. The second-order valence-corrected chi connectivity index (χ2v) is 5.52. The van der Waals surface area contributed by atoms with E-state index in [0.717, 1.165) is 23.4 Å². The van der Waals surface area contributed by atoms with Crippen molar-refractivity contribution in [2.45, 2.75) is 27.2 Å². The topological polar surface area (TPSA) is 81.0 Å². The highest BCUT2D eigenvalue weighted by Crippen LogP contribution is 2.35. The first kappa shape index (κ1) is 14.4. The lowest BCUT2D eigenvalue weighted by Crippen LogP contribution is -2.08. The molecule has 0 aliphatic heterocycles. The van der Waals surface area contributed by atoms with Gasteiger partial charge in [0.2, 0.25) is 5.95 Å². The van der Waals surface area contributed by atoms with Crippen molar-refractivity contribution in [3.05, 3.63) is 32.1 Å². The third kappa shape index (κ3) is 2.77. The number of rotatable bonds is 5. The second-order valence-electron chi connectivity index (χ2n) is 4.40. The smallest absolute Gasteiger partial charge is 0.316 e. The maximum absolute atomic E-state index is 11.3. The summed E-state index contributed by atoms with van der Waals surface area (Å²) in [5, 5.41) is 16.3. The normalized spacial score (nSPS) is 10.6. The molecule has 20 heavy (non-hydrogen) atoms. The quantitative estimate of drug-likeness (QED) is 0.673. The summed E-state index contributed by atoms with van der Waals surface area (Å²) in [5.41, 5.74) is 1.55. The van der Waals surface area contributed by atoms with E-state index in [-0.39, 0.29) is 5.69 Å².